The Morgan fingerprint density at radius 3 is 2.40 bits per heavy atom. The predicted octanol–water partition coefficient (Wildman–Crippen LogP) is 4.05. The van der Waals surface area contributed by atoms with Gasteiger partial charge in [-0.05, 0) is 12.0 Å². The number of nitrogens with zero attached hydrogens (tertiary/aromatic N) is 2. The summed E-state index contributed by atoms with van der Waals surface area (Å²) in [6.45, 7) is 8.67. The van der Waals surface area contributed by atoms with Crippen molar-refractivity contribution in [1.29, 1.82) is 0 Å². The molecule has 0 unspecified atom stereocenters. The van der Waals surface area contributed by atoms with Gasteiger partial charge in [-0.15, -0.1) is 0 Å². The van der Waals surface area contributed by atoms with Gasteiger partial charge in [0, 0.05) is 24.1 Å². The van der Waals surface area contributed by atoms with Gasteiger partial charge in [0.05, 0.1) is 5.69 Å². The fraction of sp³-hybridized carbons (Fsp3) is 0.412. The van der Waals surface area contributed by atoms with Crippen molar-refractivity contribution in [2.45, 2.75) is 39.5 Å². The van der Waals surface area contributed by atoms with Gasteiger partial charge >= 0.3 is 0 Å². The third-order valence-corrected chi connectivity index (χ3v) is 3.39. The van der Waals surface area contributed by atoms with Crippen molar-refractivity contribution in [2.75, 3.05) is 12.4 Å². The van der Waals surface area contributed by atoms with Crippen LogP contribution >= 0.6 is 0 Å². The van der Waals surface area contributed by atoms with Gasteiger partial charge in [-0.1, -0.05) is 52.0 Å². The number of nitrogens with one attached hydrogen (secondary N) is 1. The number of benzene rings is 1. The van der Waals surface area contributed by atoms with E-state index in [9.17, 15) is 0 Å². The zero-order valence-corrected chi connectivity index (χ0v) is 13.0. The highest BCUT2D eigenvalue weighted by atomic mass is 15.0. The molecule has 3 heteroatoms. The number of hydrogen-bond donors (Lipinski definition) is 1. The first-order valence-corrected chi connectivity index (χ1v) is 7.11. The summed E-state index contributed by atoms with van der Waals surface area (Å²) in [7, 11) is 1.89. The molecule has 3 nitrogen and oxygen atoms in total. The zero-order chi connectivity index (χ0) is 14.8. The molecule has 1 heterocycles. The minimum atomic E-state index is 0.00441. The Kier molecular flexibility index (Phi) is 4.07. The van der Waals surface area contributed by atoms with Crippen molar-refractivity contribution in [3.05, 3.63) is 41.6 Å². The molecule has 0 atom stereocenters. The standard InChI is InChI=1S/C17H23N3/c1-6-12-9-7-8-10-13(12)16-19-14(17(2,3)4)11-15(18-5)20-16/h7-11H,6H2,1-5H3,(H,18,19,20). The summed E-state index contributed by atoms with van der Waals surface area (Å²) in [5.41, 5.74) is 3.46. The third kappa shape index (κ3) is 2.98. The first-order valence-electron chi connectivity index (χ1n) is 7.11. The number of hydrogen-bond acceptors (Lipinski definition) is 3. The molecule has 1 aromatic heterocycles. The molecular formula is C17H23N3. The predicted molar refractivity (Wildman–Crippen MR) is 85.1 cm³/mol. The molecule has 2 aromatic rings. The van der Waals surface area contributed by atoms with E-state index in [1.165, 1.54) is 5.56 Å². The average Bonchev–Trinajstić information content (AvgIpc) is 2.45. The molecule has 0 spiro atoms. The minimum absolute atomic E-state index is 0.00441. The van der Waals surface area contributed by atoms with Crippen molar-refractivity contribution in [3.8, 4) is 11.4 Å². The van der Waals surface area contributed by atoms with E-state index in [4.69, 9.17) is 4.98 Å². The van der Waals surface area contributed by atoms with Crippen LogP contribution in [0.5, 0.6) is 0 Å². The largest absolute Gasteiger partial charge is 0.373 e. The minimum Gasteiger partial charge on any atom is -0.373 e. The van der Waals surface area contributed by atoms with Gasteiger partial charge in [0.1, 0.15) is 5.82 Å². The molecule has 0 saturated carbocycles. The molecule has 0 bridgehead atoms. The topological polar surface area (TPSA) is 37.8 Å². The van der Waals surface area contributed by atoms with Crippen molar-refractivity contribution in [2.24, 2.45) is 0 Å². The van der Waals surface area contributed by atoms with Crippen molar-refractivity contribution in [3.63, 3.8) is 0 Å². The summed E-state index contributed by atoms with van der Waals surface area (Å²) in [5.74, 6) is 1.67. The summed E-state index contributed by atoms with van der Waals surface area (Å²) in [4.78, 5) is 9.40. The van der Waals surface area contributed by atoms with E-state index < -0.39 is 0 Å². The maximum Gasteiger partial charge on any atom is 0.162 e. The normalized spacial score (nSPS) is 11.4. The first-order chi connectivity index (χ1) is 9.45. The second kappa shape index (κ2) is 5.61. The summed E-state index contributed by atoms with van der Waals surface area (Å²) in [5, 5.41) is 3.14. The van der Waals surface area contributed by atoms with Gasteiger partial charge in [0.25, 0.3) is 0 Å². The van der Waals surface area contributed by atoms with Crippen molar-refractivity contribution >= 4 is 5.82 Å². The number of anilines is 1. The monoisotopic (exact) mass is 269 g/mol. The molecule has 0 radical (unpaired) electrons. The van der Waals surface area contributed by atoms with Crippen molar-refractivity contribution in [1.82, 2.24) is 9.97 Å². The van der Waals surface area contributed by atoms with Gasteiger partial charge in [0.2, 0.25) is 0 Å². The molecule has 2 rings (SSSR count). The van der Waals surface area contributed by atoms with Crippen LogP contribution in [0.2, 0.25) is 0 Å². The molecule has 20 heavy (non-hydrogen) atoms. The highest BCUT2D eigenvalue weighted by molar-refractivity contribution is 5.62. The van der Waals surface area contributed by atoms with Crippen LogP contribution in [0.4, 0.5) is 5.82 Å². The van der Waals surface area contributed by atoms with E-state index in [2.05, 4.69) is 56.2 Å². The Hall–Kier alpha value is -1.90. The lowest BCUT2D eigenvalue weighted by molar-refractivity contribution is 0.568. The van der Waals surface area contributed by atoms with Crippen LogP contribution in [0.25, 0.3) is 11.4 Å². The summed E-state index contributed by atoms with van der Waals surface area (Å²) in [6, 6.07) is 10.4. The summed E-state index contributed by atoms with van der Waals surface area (Å²) in [6.07, 6.45) is 0.980. The van der Waals surface area contributed by atoms with Gasteiger partial charge in [-0.3, -0.25) is 0 Å². The van der Waals surface area contributed by atoms with Gasteiger partial charge in [-0.2, -0.15) is 0 Å². The molecule has 0 aliphatic heterocycles. The Morgan fingerprint density at radius 1 is 1.10 bits per heavy atom. The lowest BCUT2D eigenvalue weighted by Crippen LogP contribution is -2.15. The van der Waals surface area contributed by atoms with Crippen LogP contribution in [-0.2, 0) is 11.8 Å². The van der Waals surface area contributed by atoms with Crippen LogP contribution in [-0.4, -0.2) is 17.0 Å². The maximum absolute atomic E-state index is 4.78. The fourth-order valence-electron chi connectivity index (χ4n) is 2.13. The lowest BCUT2D eigenvalue weighted by atomic mass is 9.91. The molecule has 106 valence electrons. The van der Waals surface area contributed by atoms with Crippen LogP contribution in [0.3, 0.4) is 0 Å². The molecule has 0 amide bonds. The lowest BCUT2D eigenvalue weighted by Gasteiger charge is -2.20. The van der Waals surface area contributed by atoms with E-state index in [0.29, 0.717) is 0 Å². The Morgan fingerprint density at radius 2 is 1.80 bits per heavy atom. The van der Waals surface area contributed by atoms with Gasteiger partial charge < -0.3 is 5.32 Å². The highest BCUT2D eigenvalue weighted by Crippen LogP contribution is 2.27. The highest BCUT2D eigenvalue weighted by Gasteiger charge is 2.19. The molecule has 0 aliphatic rings. The summed E-state index contributed by atoms with van der Waals surface area (Å²) >= 11 is 0. The quantitative estimate of drug-likeness (QED) is 0.913. The molecular weight excluding hydrogens is 246 g/mol. The van der Waals surface area contributed by atoms with Crippen LogP contribution < -0.4 is 5.32 Å². The van der Waals surface area contributed by atoms with Crippen LogP contribution in [0.15, 0.2) is 30.3 Å². The van der Waals surface area contributed by atoms with Crippen LogP contribution in [0, 0.1) is 0 Å². The van der Waals surface area contributed by atoms with Gasteiger partial charge in [-0.25, -0.2) is 9.97 Å². The van der Waals surface area contributed by atoms with E-state index in [1.807, 2.05) is 19.2 Å². The van der Waals surface area contributed by atoms with E-state index in [-0.39, 0.29) is 5.41 Å². The molecule has 0 fully saturated rings. The number of aryl methyl sites for hydroxylation is 1. The molecule has 1 N–H and O–H groups in total. The van der Waals surface area contributed by atoms with Gasteiger partial charge in [0.15, 0.2) is 5.82 Å². The molecule has 0 saturated heterocycles. The summed E-state index contributed by atoms with van der Waals surface area (Å²) < 4.78 is 0. The van der Waals surface area contributed by atoms with Crippen LogP contribution in [0.1, 0.15) is 39.0 Å². The van der Waals surface area contributed by atoms with Crippen molar-refractivity contribution < 1.29 is 0 Å². The maximum atomic E-state index is 4.78. The second-order valence-corrected chi connectivity index (χ2v) is 5.97. The number of aromatic nitrogens is 2. The fourth-order valence-corrected chi connectivity index (χ4v) is 2.13. The zero-order valence-electron chi connectivity index (χ0n) is 13.0. The Bertz CT molecular complexity index is 597. The molecule has 1 aromatic carbocycles. The Balaban J connectivity index is 2.62. The SMILES string of the molecule is CCc1ccccc1-c1nc(NC)cc(C(C)(C)C)n1. The molecule has 0 aliphatic carbocycles. The van der Waals surface area contributed by atoms with E-state index in [1.54, 1.807) is 0 Å². The first kappa shape index (κ1) is 14.5. The Labute approximate surface area is 121 Å². The number of rotatable bonds is 3. The average molecular weight is 269 g/mol. The smallest absolute Gasteiger partial charge is 0.162 e. The second-order valence-electron chi connectivity index (χ2n) is 5.97. The third-order valence-electron chi connectivity index (χ3n) is 3.39. The van der Waals surface area contributed by atoms with E-state index in [0.717, 1.165) is 29.3 Å². The van der Waals surface area contributed by atoms with E-state index >= 15 is 0 Å².